The van der Waals surface area contributed by atoms with Gasteiger partial charge in [0.25, 0.3) is 0 Å². The summed E-state index contributed by atoms with van der Waals surface area (Å²) in [4.78, 5) is 21.6. The molecule has 2 aliphatic heterocycles. The molecule has 0 saturated carbocycles. The van der Waals surface area contributed by atoms with Crippen LogP contribution in [0.5, 0.6) is 0 Å². The lowest BCUT2D eigenvalue weighted by atomic mass is 10.0. The third-order valence-corrected chi connectivity index (χ3v) is 5.03. The summed E-state index contributed by atoms with van der Waals surface area (Å²) in [7, 11) is 0. The van der Waals surface area contributed by atoms with E-state index in [1.807, 2.05) is 20.8 Å². The van der Waals surface area contributed by atoms with E-state index < -0.39 is 5.60 Å². The Hall–Kier alpha value is -0.810. The number of nitrogens with one attached hydrogen (secondary N) is 2. The molecule has 0 aromatic heterocycles. The largest absolute Gasteiger partial charge is 0.444 e. The fourth-order valence-electron chi connectivity index (χ4n) is 3.51. The highest BCUT2D eigenvalue weighted by molar-refractivity contribution is 14.0. The van der Waals surface area contributed by atoms with Crippen LogP contribution in [0.25, 0.3) is 0 Å². The van der Waals surface area contributed by atoms with E-state index in [1.165, 1.54) is 0 Å². The van der Waals surface area contributed by atoms with E-state index in [0.717, 1.165) is 64.9 Å². The van der Waals surface area contributed by atoms with Gasteiger partial charge in [0, 0.05) is 38.3 Å². The van der Waals surface area contributed by atoms with E-state index in [4.69, 9.17) is 14.5 Å². The number of alkyl carbamates (subject to hydrolysis) is 1. The van der Waals surface area contributed by atoms with Crippen molar-refractivity contribution >= 4 is 36.0 Å². The molecule has 9 heteroatoms. The van der Waals surface area contributed by atoms with Crippen LogP contribution in [-0.2, 0) is 9.47 Å². The van der Waals surface area contributed by atoms with Gasteiger partial charge in [0.05, 0.1) is 25.8 Å². The summed E-state index contributed by atoms with van der Waals surface area (Å²) in [6, 6.07) is 0.0750. The molecule has 2 N–H and O–H groups in total. The zero-order valence-corrected chi connectivity index (χ0v) is 21.2. The summed E-state index contributed by atoms with van der Waals surface area (Å²) in [5, 5.41) is 6.38. The maximum absolute atomic E-state index is 12.0. The minimum absolute atomic E-state index is 0. The van der Waals surface area contributed by atoms with E-state index in [2.05, 4.69) is 41.2 Å². The maximum Gasteiger partial charge on any atom is 0.407 e. The van der Waals surface area contributed by atoms with Crippen molar-refractivity contribution in [1.82, 2.24) is 20.4 Å². The molecule has 2 heterocycles. The predicted molar refractivity (Wildman–Crippen MR) is 127 cm³/mol. The summed E-state index contributed by atoms with van der Waals surface area (Å²) in [5.41, 5.74) is -0.498. The molecule has 2 rings (SSSR count). The van der Waals surface area contributed by atoms with Crippen LogP contribution in [0.2, 0.25) is 0 Å². The van der Waals surface area contributed by atoms with Gasteiger partial charge in [-0.1, -0.05) is 0 Å². The Balaban J connectivity index is 0.00000420. The molecule has 8 nitrogen and oxygen atoms in total. The standard InChI is InChI=1S/C20H39N5O3.HI/c1-7-21-17(22-15-20(5,6)25-10-12-27-13-11-25)24-9-8-16(14-24)23-18(26)28-19(2,3)4;/h16H,7-15H2,1-6H3,(H,21,22)(H,23,26);1H. The molecular weight excluding hydrogens is 485 g/mol. The number of halogens is 1. The van der Waals surface area contributed by atoms with Crippen LogP contribution in [-0.4, -0.2) is 91.5 Å². The van der Waals surface area contributed by atoms with Gasteiger partial charge in [0.1, 0.15) is 5.60 Å². The van der Waals surface area contributed by atoms with Gasteiger partial charge in [-0.3, -0.25) is 9.89 Å². The number of nitrogens with zero attached hydrogens (tertiary/aromatic N) is 3. The van der Waals surface area contributed by atoms with Gasteiger partial charge in [0.15, 0.2) is 5.96 Å². The van der Waals surface area contributed by atoms with Gasteiger partial charge in [-0.2, -0.15) is 0 Å². The number of guanidine groups is 1. The first-order valence-electron chi connectivity index (χ1n) is 10.5. The number of morpholine rings is 1. The highest BCUT2D eigenvalue weighted by Crippen LogP contribution is 2.18. The number of ether oxygens (including phenoxy) is 2. The third kappa shape index (κ3) is 8.84. The van der Waals surface area contributed by atoms with E-state index in [9.17, 15) is 4.79 Å². The van der Waals surface area contributed by atoms with E-state index in [0.29, 0.717) is 0 Å². The van der Waals surface area contributed by atoms with E-state index >= 15 is 0 Å². The van der Waals surface area contributed by atoms with Gasteiger partial charge < -0.3 is 25.0 Å². The molecule has 2 saturated heterocycles. The zero-order valence-electron chi connectivity index (χ0n) is 18.9. The molecule has 1 atom stereocenters. The third-order valence-electron chi connectivity index (χ3n) is 5.03. The topological polar surface area (TPSA) is 78.4 Å². The molecule has 29 heavy (non-hydrogen) atoms. The molecule has 170 valence electrons. The van der Waals surface area contributed by atoms with Crippen molar-refractivity contribution in [2.24, 2.45) is 4.99 Å². The molecule has 2 aliphatic rings. The summed E-state index contributed by atoms with van der Waals surface area (Å²) >= 11 is 0. The van der Waals surface area contributed by atoms with Gasteiger partial charge in [-0.15, -0.1) is 24.0 Å². The fraction of sp³-hybridized carbons (Fsp3) is 0.900. The SMILES string of the molecule is CCNC(=NCC(C)(C)N1CCOCC1)N1CCC(NC(=O)OC(C)(C)C)C1.I. The fourth-order valence-corrected chi connectivity index (χ4v) is 3.51. The lowest BCUT2D eigenvalue weighted by molar-refractivity contribution is -0.00688. The molecule has 0 aromatic carbocycles. The van der Waals surface area contributed by atoms with Crippen LogP contribution in [0.4, 0.5) is 4.79 Å². The van der Waals surface area contributed by atoms with E-state index in [-0.39, 0.29) is 41.7 Å². The van der Waals surface area contributed by atoms with Crippen molar-refractivity contribution in [3.8, 4) is 0 Å². The van der Waals surface area contributed by atoms with Gasteiger partial charge in [-0.25, -0.2) is 4.79 Å². The molecule has 1 amide bonds. The Kier molecular flexibility index (Phi) is 10.4. The first kappa shape index (κ1) is 26.2. The quantitative estimate of drug-likeness (QED) is 0.326. The van der Waals surface area contributed by atoms with Crippen molar-refractivity contribution in [3.63, 3.8) is 0 Å². The Labute approximate surface area is 193 Å². The van der Waals surface area contributed by atoms with E-state index in [1.54, 1.807) is 0 Å². The Morgan fingerprint density at radius 3 is 2.41 bits per heavy atom. The van der Waals surface area contributed by atoms with Crippen LogP contribution in [0, 0.1) is 0 Å². The lowest BCUT2D eigenvalue weighted by Gasteiger charge is -2.40. The van der Waals surface area contributed by atoms with Crippen molar-refractivity contribution in [2.75, 3.05) is 52.5 Å². The number of rotatable bonds is 5. The predicted octanol–water partition coefficient (Wildman–Crippen LogP) is 2.28. The average molecular weight is 525 g/mol. The van der Waals surface area contributed by atoms with Crippen LogP contribution in [0.1, 0.15) is 48.0 Å². The second-order valence-electron chi connectivity index (χ2n) is 9.16. The number of hydrogen-bond acceptors (Lipinski definition) is 5. The molecule has 0 aromatic rings. The maximum atomic E-state index is 12.0. The van der Waals surface area contributed by atoms with Crippen molar-refractivity contribution < 1.29 is 14.3 Å². The first-order valence-corrected chi connectivity index (χ1v) is 10.5. The normalized spacial score (nSPS) is 21.5. The van der Waals surface area contributed by atoms with Crippen LogP contribution in [0.15, 0.2) is 4.99 Å². The van der Waals surface area contributed by atoms with Gasteiger partial charge >= 0.3 is 6.09 Å². The second-order valence-corrected chi connectivity index (χ2v) is 9.16. The van der Waals surface area contributed by atoms with Crippen molar-refractivity contribution in [1.29, 1.82) is 0 Å². The van der Waals surface area contributed by atoms with Crippen LogP contribution >= 0.6 is 24.0 Å². The van der Waals surface area contributed by atoms with Crippen molar-refractivity contribution in [3.05, 3.63) is 0 Å². The smallest absolute Gasteiger partial charge is 0.407 e. The molecule has 0 radical (unpaired) electrons. The number of hydrogen-bond donors (Lipinski definition) is 2. The van der Waals surface area contributed by atoms with Crippen molar-refractivity contribution in [2.45, 2.75) is 65.1 Å². The highest BCUT2D eigenvalue weighted by atomic mass is 127. The molecule has 0 aliphatic carbocycles. The zero-order chi connectivity index (χ0) is 20.8. The Morgan fingerprint density at radius 1 is 1.17 bits per heavy atom. The Bertz CT molecular complexity index is 545. The summed E-state index contributed by atoms with van der Waals surface area (Å²) < 4.78 is 10.8. The number of amides is 1. The minimum Gasteiger partial charge on any atom is -0.444 e. The summed E-state index contributed by atoms with van der Waals surface area (Å²) in [6.07, 6.45) is 0.533. The first-order chi connectivity index (χ1) is 13.1. The van der Waals surface area contributed by atoms with Gasteiger partial charge in [-0.05, 0) is 48.0 Å². The van der Waals surface area contributed by atoms with Crippen LogP contribution < -0.4 is 10.6 Å². The summed E-state index contributed by atoms with van der Waals surface area (Å²) in [6.45, 7) is 18.8. The van der Waals surface area contributed by atoms with Gasteiger partial charge in [0.2, 0.25) is 0 Å². The monoisotopic (exact) mass is 525 g/mol. The molecular formula is C20H40IN5O3. The second kappa shape index (κ2) is 11.5. The highest BCUT2D eigenvalue weighted by Gasteiger charge is 2.30. The number of carbonyl (C=O) groups is 1. The average Bonchev–Trinajstić information content (AvgIpc) is 3.06. The lowest BCUT2D eigenvalue weighted by Crippen LogP contribution is -2.52. The molecule has 0 bridgehead atoms. The Morgan fingerprint density at radius 2 is 1.83 bits per heavy atom. The molecule has 1 unspecified atom stereocenters. The molecule has 0 spiro atoms. The van der Waals surface area contributed by atoms with Crippen LogP contribution in [0.3, 0.4) is 0 Å². The number of carbonyl (C=O) groups excluding carboxylic acids is 1. The number of aliphatic imine (C=N–C) groups is 1. The molecule has 2 fully saturated rings. The minimum atomic E-state index is -0.482. The summed E-state index contributed by atoms with van der Waals surface area (Å²) in [5.74, 6) is 0.914. The number of likely N-dealkylation sites (tertiary alicyclic amines) is 1.